The highest BCUT2D eigenvalue weighted by atomic mass is 79.9. The van der Waals surface area contributed by atoms with Crippen LogP contribution in [0, 0.1) is 11.8 Å². The molecule has 1 heterocycles. The Morgan fingerprint density at radius 2 is 2.24 bits per heavy atom. The molecular formula is C13H10BrNO2. The SMILES string of the molecule is Oc1ccc(C#CCCBr)cc1-c1ccno1. The van der Waals surface area contributed by atoms with Gasteiger partial charge in [0.05, 0.1) is 11.8 Å². The number of phenolic OH excluding ortho intramolecular Hbond substituents is 1. The predicted octanol–water partition coefficient (Wildman–Crippen LogP) is 3.18. The predicted molar refractivity (Wildman–Crippen MR) is 68.9 cm³/mol. The van der Waals surface area contributed by atoms with Gasteiger partial charge in [0.2, 0.25) is 0 Å². The molecule has 0 bridgehead atoms. The minimum absolute atomic E-state index is 0.160. The minimum atomic E-state index is 0.160. The van der Waals surface area contributed by atoms with E-state index in [-0.39, 0.29) is 5.75 Å². The molecule has 0 atom stereocenters. The number of hydrogen-bond donors (Lipinski definition) is 1. The maximum Gasteiger partial charge on any atom is 0.170 e. The van der Waals surface area contributed by atoms with Crippen LogP contribution in [0.4, 0.5) is 0 Å². The van der Waals surface area contributed by atoms with Gasteiger partial charge in [0.1, 0.15) is 5.75 Å². The summed E-state index contributed by atoms with van der Waals surface area (Å²) in [4.78, 5) is 0. The molecule has 0 aliphatic rings. The first-order valence-corrected chi connectivity index (χ1v) is 6.22. The molecule has 86 valence electrons. The van der Waals surface area contributed by atoms with E-state index in [2.05, 4.69) is 32.9 Å². The van der Waals surface area contributed by atoms with Crippen LogP contribution in [0.25, 0.3) is 11.3 Å². The van der Waals surface area contributed by atoms with E-state index in [1.54, 1.807) is 24.3 Å². The van der Waals surface area contributed by atoms with E-state index in [1.165, 1.54) is 6.20 Å². The highest BCUT2D eigenvalue weighted by Crippen LogP contribution is 2.29. The van der Waals surface area contributed by atoms with Crippen molar-refractivity contribution in [2.75, 3.05) is 5.33 Å². The van der Waals surface area contributed by atoms with Crippen LogP contribution in [0.3, 0.4) is 0 Å². The summed E-state index contributed by atoms with van der Waals surface area (Å²) < 4.78 is 5.02. The molecule has 0 saturated carbocycles. The van der Waals surface area contributed by atoms with Gasteiger partial charge in [0, 0.05) is 23.4 Å². The molecule has 0 amide bonds. The number of alkyl halides is 1. The van der Waals surface area contributed by atoms with Crippen LogP contribution in [-0.2, 0) is 0 Å². The summed E-state index contributed by atoms with van der Waals surface area (Å²) in [5.74, 6) is 6.73. The van der Waals surface area contributed by atoms with E-state index in [0.29, 0.717) is 11.3 Å². The van der Waals surface area contributed by atoms with Crippen LogP contribution < -0.4 is 0 Å². The number of hydrogen-bond acceptors (Lipinski definition) is 3. The molecular weight excluding hydrogens is 282 g/mol. The number of aromatic nitrogens is 1. The highest BCUT2D eigenvalue weighted by molar-refractivity contribution is 9.09. The molecule has 0 aliphatic carbocycles. The number of aromatic hydroxyl groups is 1. The molecule has 0 saturated heterocycles. The van der Waals surface area contributed by atoms with Gasteiger partial charge in [-0.2, -0.15) is 0 Å². The smallest absolute Gasteiger partial charge is 0.170 e. The van der Waals surface area contributed by atoms with Crippen molar-refractivity contribution in [3.05, 3.63) is 36.0 Å². The third kappa shape index (κ3) is 2.89. The fourth-order valence-corrected chi connectivity index (χ4v) is 1.58. The second-order valence-electron chi connectivity index (χ2n) is 3.35. The Morgan fingerprint density at radius 3 is 2.94 bits per heavy atom. The quantitative estimate of drug-likeness (QED) is 0.683. The van der Waals surface area contributed by atoms with E-state index in [1.807, 2.05) is 0 Å². The first-order valence-electron chi connectivity index (χ1n) is 5.10. The van der Waals surface area contributed by atoms with Gasteiger partial charge in [0.25, 0.3) is 0 Å². The van der Waals surface area contributed by atoms with Crippen LogP contribution in [0.5, 0.6) is 5.75 Å². The Balaban J connectivity index is 2.34. The Bertz CT molecular complexity index is 553. The summed E-state index contributed by atoms with van der Waals surface area (Å²) in [6.07, 6.45) is 2.33. The van der Waals surface area contributed by atoms with E-state index in [0.717, 1.165) is 17.3 Å². The summed E-state index contributed by atoms with van der Waals surface area (Å²) in [6.45, 7) is 0. The highest BCUT2D eigenvalue weighted by Gasteiger charge is 2.08. The summed E-state index contributed by atoms with van der Waals surface area (Å²) in [5.41, 5.74) is 1.45. The minimum Gasteiger partial charge on any atom is -0.507 e. The van der Waals surface area contributed by atoms with Crippen molar-refractivity contribution in [2.45, 2.75) is 6.42 Å². The van der Waals surface area contributed by atoms with Crippen molar-refractivity contribution < 1.29 is 9.63 Å². The molecule has 0 spiro atoms. The molecule has 3 nitrogen and oxygen atoms in total. The van der Waals surface area contributed by atoms with Crippen molar-refractivity contribution in [2.24, 2.45) is 0 Å². The lowest BCUT2D eigenvalue weighted by atomic mass is 10.1. The van der Waals surface area contributed by atoms with Crippen LogP contribution >= 0.6 is 15.9 Å². The zero-order chi connectivity index (χ0) is 12.1. The molecule has 4 heteroatoms. The van der Waals surface area contributed by atoms with E-state index >= 15 is 0 Å². The van der Waals surface area contributed by atoms with Crippen molar-refractivity contribution in [1.29, 1.82) is 0 Å². The zero-order valence-corrected chi connectivity index (χ0v) is 10.6. The van der Waals surface area contributed by atoms with Gasteiger partial charge < -0.3 is 9.63 Å². The molecule has 0 aliphatic heterocycles. The normalized spacial score (nSPS) is 9.71. The third-order valence-electron chi connectivity index (χ3n) is 2.15. The first kappa shape index (κ1) is 11.7. The maximum atomic E-state index is 9.73. The van der Waals surface area contributed by atoms with Gasteiger partial charge >= 0.3 is 0 Å². The summed E-state index contributed by atoms with van der Waals surface area (Å²) in [5, 5.41) is 14.2. The van der Waals surface area contributed by atoms with Crippen LogP contribution in [-0.4, -0.2) is 15.6 Å². The second-order valence-corrected chi connectivity index (χ2v) is 4.14. The fourth-order valence-electron chi connectivity index (χ4n) is 1.38. The summed E-state index contributed by atoms with van der Waals surface area (Å²) in [7, 11) is 0. The van der Waals surface area contributed by atoms with Gasteiger partial charge in [-0.15, -0.1) is 0 Å². The van der Waals surface area contributed by atoms with Crippen LogP contribution in [0.15, 0.2) is 35.0 Å². The average molecular weight is 292 g/mol. The number of halogens is 1. The fraction of sp³-hybridized carbons (Fsp3) is 0.154. The second kappa shape index (κ2) is 5.55. The van der Waals surface area contributed by atoms with Crippen molar-refractivity contribution in [1.82, 2.24) is 5.16 Å². The summed E-state index contributed by atoms with van der Waals surface area (Å²) in [6, 6.07) is 6.87. The maximum absolute atomic E-state index is 9.73. The molecule has 0 radical (unpaired) electrons. The average Bonchev–Trinajstić information content (AvgIpc) is 2.85. The molecule has 2 aromatic rings. The van der Waals surface area contributed by atoms with Gasteiger partial charge in [0.15, 0.2) is 5.76 Å². The lowest BCUT2D eigenvalue weighted by Gasteiger charge is -2.00. The molecule has 2 rings (SSSR count). The van der Waals surface area contributed by atoms with E-state index < -0.39 is 0 Å². The molecule has 1 aromatic carbocycles. The number of phenols is 1. The number of benzene rings is 1. The topological polar surface area (TPSA) is 46.3 Å². The van der Waals surface area contributed by atoms with Crippen molar-refractivity contribution in [3.8, 4) is 28.9 Å². The third-order valence-corrected chi connectivity index (χ3v) is 2.55. The Kier molecular flexibility index (Phi) is 3.84. The number of nitrogens with zero attached hydrogens (tertiary/aromatic N) is 1. The van der Waals surface area contributed by atoms with Gasteiger partial charge in [-0.05, 0) is 18.2 Å². The van der Waals surface area contributed by atoms with Crippen LogP contribution in [0.2, 0.25) is 0 Å². The van der Waals surface area contributed by atoms with Gasteiger partial charge in [-0.3, -0.25) is 0 Å². The Hall–Kier alpha value is -1.73. The largest absolute Gasteiger partial charge is 0.507 e. The van der Waals surface area contributed by atoms with Gasteiger partial charge in [-0.1, -0.05) is 32.9 Å². The lowest BCUT2D eigenvalue weighted by molar-refractivity contribution is 0.426. The molecule has 0 unspecified atom stereocenters. The Labute approximate surface area is 108 Å². The monoisotopic (exact) mass is 291 g/mol. The van der Waals surface area contributed by atoms with Crippen molar-refractivity contribution in [3.63, 3.8) is 0 Å². The van der Waals surface area contributed by atoms with E-state index in [4.69, 9.17) is 4.52 Å². The molecule has 1 aromatic heterocycles. The Morgan fingerprint density at radius 1 is 1.35 bits per heavy atom. The lowest BCUT2D eigenvalue weighted by Crippen LogP contribution is -1.80. The standard InChI is InChI=1S/C13H10BrNO2/c14-7-2-1-3-10-4-5-12(16)11(9-10)13-6-8-15-17-13/h4-6,8-9,16H,2,7H2. The van der Waals surface area contributed by atoms with Crippen molar-refractivity contribution >= 4 is 15.9 Å². The van der Waals surface area contributed by atoms with Gasteiger partial charge in [-0.25, -0.2) is 0 Å². The first-order chi connectivity index (χ1) is 8.31. The number of rotatable bonds is 2. The molecule has 0 fully saturated rings. The summed E-state index contributed by atoms with van der Waals surface area (Å²) >= 11 is 3.31. The van der Waals surface area contributed by atoms with E-state index in [9.17, 15) is 5.11 Å². The van der Waals surface area contributed by atoms with Crippen LogP contribution in [0.1, 0.15) is 12.0 Å². The molecule has 17 heavy (non-hydrogen) atoms. The molecule has 1 N–H and O–H groups in total. The zero-order valence-electron chi connectivity index (χ0n) is 8.98.